The second-order valence-electron chi connectivity index (χ2n) is 4.72. The first-order valence-corrected chi connectivity index (χ1v) is 6.63. The van der Waals surface area contributed by atoms with Gasteiger partial charge in [0, 0.05) is 10.9 Å². The van der Waals surface area contributed by atoms with Crippen molar-refractivity contribution in [3.8, 4) is 0 Å². The Morgan fingerprint density at radius 3 is 2.33 bits per heavy atom. The van der Waals surface area contributed by atoms with Gasteiger partial charge in [0.25, 0.3) is 0 Å². The second kappa shape index (κ2) is 5.13. The summed E-state index contributed by atoms with van der Waals surface area (Å²) in [5.41, 5.74) is 2.59. The molecule has 2 heteroatoms. The summed E-state index contributed by atoms with van der Waals surface area (Å²) in [7, 11) is 0. The minimum Gasteiger partial charge on any atom is -0.373 e. The lowest BCUT2D eigenvalue weighted by Crippen LogP contribution is -1.96. The van der Waals surface area contributed by atoms with Crippen molar-refractivity contribution in [2.45, 2.75) is 18.4 Å². The zero-order valence-electron chi connectivity index (χ0n) is 10.1. The zero-order chi connectivity index (χ0) is 12.4. The quantitative estimate of drug-likeness (QED) is 0.766. The smallest absolute Gasteiger partial charge is 0.0831 e. The molecule has 1 nitrogen and oxygen atoms in total. The topological polar surface area (TPSA) is 9.23 Å². The van der Waals surface area contributed by atoms with E-state index in [-0.39, 0.29) is 6.10 Å². The fraction of sp³-hybridized carbons (Fsp3) is 0.250. The summed E-state index contributed by atoms with van der Waals surface area (Å²) in [6, 6.07) is 18.6. The highest BCUT2D eigenvalue weighted by molar-refractivity contribution is 6.30. The highest BCUT2D eigenvalue weighted by Crippen LogP contribution is 2.38. The maximum absolute atomic E-state index is 5.90. The minimum absolute atomic E-state index is 0.201. The summed E-state index contributed by atoms with van der Waals surface area (Å²) >= 11 is 5.90. The monoisotopic (exact) mass is 258 g/mol. The largest absolute Gasteiger partial charge is 0.373 e. The van der Waals surface area contributed by atoms with Crippen LogP contribution < -0.4 is 0 Å². The molecule has 0 radical (unpaired) electrons. The molecule has 1 heterocycles. The Morgan fingerprint density at radius 2 is 1.61 bits per heavy atom. The van der Waals surface area contributed by atoms with Crippen LogP contribution in [0.2, 0.25) is 5.02 Å². The lowest BCUT2D eigenvalue weighted by molar-refractivity contribution is 0.110. The summed E-state index contributed by atoms with van der Waals surface area (Å²) in [4.78, 5) is 0. The van der Waals surface area contributed by atoms with Gasteiger partial charge in [-0.05, 0) is 29.7 Å². The number of benzene rings is 2. The van der Waals surface area contributed by atoms with Gasteiger partial charge in [-0.1, -0.05) is 54.1 Å². The van der Waals surface area contributed by atoms with Crippen LogP contribution in [0.5, 0.6) is 0 Å². The van der Waals surface area contributed by atoms with E-state index in [4.69, 9.17) is 16.3 Å². The molecule has 18 heavy (non-hydrogen) atoms. The SMILES string of the molecule is Clc1ccc([C@@H]2C[C@H](c3ccccc3)CO2)cc1. The van der Waals surface area contributed by atoms with E-state index < -0.39 is 0 Å². The molecule has 1 fully saturated rings. The van der Waals surface area contributed by atoms with Gasteiger partial charge in [0.1, 0.15) is 0 Å². The molecule has 0 unspecified atom stereocenters. The first kappa shape index (κ1) is 11.8. The van der Waals surface area contributed by atoms with Gasteiger partial charge in [-0.25, -0.2) is 0 Å². The van der Waals surface area contributed by atoms with E-state index in [0.29, 0.717) is 5.92 Å². The van der Waals surface area contributed by atoms with Crippen molar-refractivity contribution >= 4 is 11.6 Å². The van der Waals surface area contributed by atoms with E-state index in [1.807, 2.05) is 12.1 Å². The fourth-order valence-electron chi connectivity index (χ4n) is 2.49. The predicted molar refractivity (Wildman–Crippen MR) is 73.9 cm³/mol. The molecule has 1 saturated heterocycles. The maximum atomic E-state index is 5.90. The Morgan fingerprint density at radius 1 is 0.889 bits per heavy atom. The highest BCUT2D eigenvalue weighted by atomic mass is 35.5. The number of hydrogen-bond donors (Lipinski definition) is 0. The third kappa shape index (κ3) is 2.43. The molecule has 1 aliphatic heterocycles. The first-order chi connectivity index (χ1) is 8.83. The Kier molecular flexibility index (Phi) is 3.35. The van der Waals surface area contributed by atoms with Crippen molar-refractivity contribution in [1.82, 2.24) is 0 Å². The average molecular weight is 259 g/mol. The second-order valence-corrected chi connectivity index (χ2v) is 5.15. The van der Waals surface area contributed by atoms with Crippen LogP contribution >= 0.6 is 11.6 Å². The molecule has 0 N–H and O–H groups in total. The van der Waals surface area contributed by atoms with E-state index in [2.05, 4.69) is 42.5 Å². The molecule has 2 atom stereocenters. The van der Waals surface area contributed by atoms with Crippen LogP contribution in [0.3, 0.4) is 0 Å². The van der Waals surface area contributed by atoms with Crippen LogP contribution in [0, 0.1) is 0 Å². The van der Waals surface area contributed by atoms with Gasteiger partial charge >= 0.3 is 0 Å². The summed E-state index contributed by atoms with van der Waals surface area (Å²) < 4.78 is 5.90. The van der Waals surface area contributed by atoms with E-state index in [1.54, 1.807) is 0 Å². The van der Waals surface area contributed by atoms with Crippen LogP contribution in [-0.2, 0) is 4.74 Å². The van der Waals surface area contributed by atoms with Crippen molar-refractivity contribution in [2.75, 3.05) is 6.61 Å². The molecule has 92 valence electrons. The van der Waals surface area contributed by atoms with Crippen LogP contribution in [0.15, 0.2) is 54.6 Å². The average Bonchev–Trinajstić information content (AvgIpc) is 2.90. The van der Waals surface area contributed by atoms with E-state index >= 15 is 0 Å². The standard InChI is InChI=1S/C16H15ClO/c17-15-8-6-13(7-9-15)16-10-14(11-18-16)12-4-2-1-3-5-12/h1-9,14,16H,10-11H2/t14-,16-/m0/s1. The molecule has 0 bridgehead atoms. The van der Waals surface area contributed by atoms with Gasteiger partial charge < -0.3 is 4.74 Å². The lowest BCUT2D eigenvalue weighted by atomic mass is 9.94. The van der Waals surface area contributed by atoms with Crippen LogP contribution in [0.4, 0.5) is 0 Å². The van der Waals surface area contributed by atoms with Crippen molar-refractivity contribution in [2.24, 2.45) is 0 Å². The first-order valence-electron chi connectivity index (χ1n) is 6.25. The molecule has 3 rings (SSSR count). The number of halogens is 1. The Labute approximate surface area is 112 Å². The maximum Gasteiger partial charge on any atom is 0.0831 e. The Bertz CT molecular complexity index is 506. The summed E-state index contributed by atoms with van der Waals surface area (Å²) in [6.07, 6.45) is 1.25. The van der Waals surface area contributed by atoms with Crippen LogP contribution in [0.25, 0.3) is 0 Å². The molecule has 2 aromatic carbocycles. The normalized spacial score (nSPS) is 23.2. The highest BCUT2D eigenvalue weighted by Gasteiger charge is 2.27. The molecular formula is C16H15ClO. The molecular weight excluding hydrogens is 244 g/mol. The number of rotatable bonds is 2. The van der Waals surface area contributed by atoms with Crippen molar-refractivity contribution < 1.29 is 4.74 Å². The Balaban J connectivity index is 1.74. The van der Waals surface area contributed by atoms with Gasteiger partial charge in [-0.2, -0.15) is 0 Å². The van der Waals surface area contributed by atoms with Gasteiger partial charge in [0.05, 0.1) is 12.7 Å². The van der Waals surface area contributed by atoms with Gasteiger partial charge in [0.15, 0.2) is 0 Å². The van der Waals surface area contributed by atoms with Crippen LogP contribution in [-0.4, -0.2) is 6.61 Å². The van der Waals surface area contributed by atoms with Gasteiger partial charge in [-0.15, -0.1) is 0 Å². The molecule has 0 saturated carbocycles. The van der Waals surface area contributed by atoms with Gasteiger partial charge in [-0.3, -0.25) is 0 Å². The third-order valence-corrected chi connectivity index (χ3v) is 3.76. The zero-order valence-corrected chi connectivity index (χ0v) is 10.8. The van der Waals surface area contributed by atoms with Gasteiger partial charge in [0.2, 0.25) is 0 Å². The number of hydrogen-bond acceptors (Lipinski definition) is 1. The molecule has 2 aromatic rings. The van der Waals surface area contributed by atoms with E-state index in [0.717, 1.165) is 18.1 Å². The van der Waals surface area contributed by atoms with Crippen molar-refractivity contribution in [3.05, 3.63) is 70.7 Å². The predicted octanol–water partition coefficient (Wildman–Crippen LogP) is 4.59. The fourth-order valence-corrected chi connectivity index (χ4v) is 2.62. The molecule has 0 aliphatic carbocycles. The molecule has 1 aliphatic rings. The molecule has 0 aromatic heterocycles. The van der Waals surface area contributed by atoms with Crippen molar-refractivity contribution in [1.29, 1.82) is 0 Å². The summed E-state index contributed by atoms with van der Waals surface area (Å²) in [5, 5.41) is 0.774. The summed E-state index contributed by atoms with van der Waals surface area (Å²) in [5.74, 6) is 0.506. The van der Waals surface area contributed by atoms with Crippen molar-refractivity contribution in [3.63, 3.8) is 0 Å². The third-order valence-electron chi connectivity index (χ3n) is 3.51. The number of ether oxygens (including phenoxy) is 1. The molecule has 0 spiro atoms. The Hall–Kier alpha value is -1.31. The lowest BCUT2D eigenvalue weighted by Gasteiger charge is -2.10. The molecule has 0 amide bonds. The minimum atomic E-state index is 0.201. The van der Waals surface area contributed by atoms with E-state index in [1.165, 1.54) is 11.1 Å². The van der Waals surface area contributed by atoms with Crippen LogP contribution in [0.1, 0.15) is 29.6 Å². The van der Waals surface area contributed by atoms with E-state index in [9.17, 15) is 0 Å². The summed E-state index contributed by atoms with van der Waals surface area (Å²) in [6.45, 7) is 0.803.